The molecule has 27 heavy (non-hydrogen) atoms. The van der Waals surface area contributed by atoms with Crippen LogP contribution in [0.1, 0.15) is 32.6 Å². The van der Waals surface area contributed by atoms with Gasteiger partial charge in [-0.1, -0.05) is 13.5 Å². The third-order valence-electron chi connectivity index (χ3n) is 9.05. The molecule has 7 heteroatoms. The highest BCUT2D eigenvalue weighted by atomic mass is 16.7. The smallest absolute Gasteiger partial charge is 0.315 e. The molecule has 3 saturated heterocycles. The van der Waals surface area contributed by atoms with E-state index in [0.717, 1.165) is 0 Å². The predicted molar refractivity (Wildman–Crippen MR) is 89.8 cm³/mol. The first-order chi connectivity index (χ1) is 12.8. The molecule has 11 atom stereocenters. The summed E-state index contributed by atoms with van der Waals surface area (Å²) in [4.78, 5) is 13.2. The Morgan fingerprint density at radius 2 is 2.00 bits per heavy atom. The quantitative estimate of drug-likeness (QED) is 0.412. The summed E-state index contributed by atoms with van der Waals surface area (Å²) in [6.45, 7) is 6.32. The highest BCUT2D eigenvalue weighted by Crippen LogP contribution is 2.74. The van der Waals surface area contributed by atoms with E-state index in [1.807, 2.05) is 6.92 Å². The first-order valence-corrected chi connectivity index (χ1v) is 9.98. The van der Waals surface area contributed by atoms with Crippen LogP contribution < -0.4 is 0 Å². The van der Waals surface area contributed by atoms with E-state index in [4.69, 9.17) is 14.2 Å². The van der Waals surface area contributed by atoms with E-state index in [1.165, 1.54) is 0 Å². The van der Waals surface area contributed by atoms with Crippen LogP contribution in [0.15, 0.2) is 12.2 Å². The fraction of sp³-hybridized carbons (Fsp3) is 0.850. The molecule has 0 amide bonds. The molecule has 7 nitrogen and oxygen atoms in total. The summed E-state index contributed by atoms with van der Waals surface area (Å²) in [5, 5.41) is 32.9. The van der Waals surface area contributed by atoms with Crippen LogP contribution in [0.25, 0.3) is 0 Å². The van der Waals surface area contributed by atoms with Crippen molar-refractivity contribution in [2.24, 2.45) is 34.0 Å². The van der Waals surface area contributed by atoms with Gasteiger partial charge < -0.3 is 29.5 Å². The number of carbonyl (C=O) groups is 1. The number of ether oxygens (including phenoxy) is 3. The third kappa shape index (κ3) is 1.56. The molecule has 6 aliphatic rings. The van der Waals surface area contributed by atoms with E-state index in [0.29, 0.717) is 37.9 Å². The number of esters is 1. The van der Waals surface area contributed by atoms with Gasteiger partial charge in [0.1, 0.15) is 11.5 Å². The average Bonchev–Trinajstić information content (AvgIpc) is 3.19. The summed E-state index contributed by atoms with van der Waals surface area (Å²) in [5.74, 6) is -1.18. The van der Waals surface area contributed by atoms with Crippen LogP contribution in [0, 0.1) is 34.0 Å². The van der Waals surface area contributed by atoms with Crippen molar-refractivity contribution in [3.63, 3.8) is 0 Å². The average molecular weight is 378 g/mol. The zero-order valence-electron chi connectivity index (χ0n) is 15.3. The van der Waals surface area contributed by atoms with Crippen molar-refractivity contribution < 1.29 is 34.3 Å². The molecule has 0 aromatic carbocycles. The van der Waals surface area contributed by atoms with E-state index in [9.17, 15) is 20.1 Å². The minimum absolute atomic E-state index is 0.0785. The van der Waals surface area contributed by atoms with Crippen LogP contribution in [0.3, 0.4) is 0 Å². The van der Waals surface area contributed by atoms with Gasteiger partial charge in [0.15, 0.2) is 12.6 Å². The van der Waals surface area contributed by atoms with Gasteiger partial charge in [-0.15, -0.1) is 0 Å². The van der Waals surface area contributed by atoms with Crippen molar-refractivity contribution in [3.8, 4) is 0 Å². The fourth-order valence-corrected chi connectivity index (χ4v) is 7.99. The zero-order chi connectivity index (χ0) is 18.9. The Kier molecular flexibility index (Phi) is 2.99. The third-order valence-corrected chi connectivity index (χ3v) is 9.05. The van der Waals surface area contributed by atoms with E-state index < -0.39 is 59.0 Å². The standard InChI is InChI=1S/C20H26O7/c1-8-9-5-10(21)12-19(6-9,14(8)22)17(24)26-11-3-4-18(2)13-15(27-16(18)23)25-7-20(11,12)13/h9-16,21-23H,1,3-7H2,2H3/t9-,10-,11+,12-,13-,14-,15+,16-,18-,19+,20+/m1/s1. The van der Waals surface area contributed by atoms with E-state index in [1.54, 1.807) is 0 Å². The molecule has 3 aliphatic heterocycles. The molecular weight excluding hydrogens is 352 g/mol. The van der Waals surface area contributed by atoms with Gasteiger partial charge in [0, 0.05) is 22.7 Å². The number of hydrogen-bond acceptors (Lipinski definition) is 7. The minimum atomic E-state index is -1.18. The first-order valence-electron chi connectivity index (χ1n) is 9.98. The van der Waals surface area contributed by atoms with Crippen LogP contribution in [-0.2, 0) is 19.0 Å². The molecule has 6 rings (SSSR count). The summed E-state index contributed by atoms with van der Waals surface area (Å²) in [6.07, 6.45) is -1.50. The number of hydrogen-bond donors (Lipinski definition) is 3. The second kappa shape index (κ2) is 4.76. The zero-order valence-corrected chi connectivity index (χ0v) is 15.3. The number of rotatable bonds is 0. The fourth-order valence-electron chi connectivity index (χ4n) is 7.99. The number of aliphatic hydroxyl groups is 3. The number of aliphatic hydroxyl groups excluding tert-OH is 3. The molecule has 3 N–H and O–H groups in total. The minimum Gasteiger partial charge on any atom is -0.461 e. The largest absolute Gasteiger partial charge is 0.461 e. The van der Waals surface area contributed by atoms with E-state index >= 15 is 0 Å². The van der Waals surface area contributed by atoms with Gasteiger partial charge in [-0.25, -0.2) is 0 Å². The molecule has 0 unspecified atom stereocenters. The second-order valence-electron chi connectivity index (χ2n) is 9.90. The lowest BCUT2D eigenvalue weighted by atomic mass is 9.43. The highest BCUT2D eigenvalue weighted by Gasteiger charge is 2.81. The van der Waals surface area contributed by atoms with Gasteiger partial charge in [0.05, 0.1) is 18.8 Å². The Bertz CT molecular complexity index is 753. The molecule has 0 aromatic heterocycles. The molecule has 148 valence electrons. The maximum Gasteiger partial charge on any atom is 0.315 e. The summed E-state index contributed by atoms with van der Waals surface area (Å²) in [7, 11) is 0. The van der Waals surface area contributed by atoms with E-state index in [-0.39, 0.29) is 11.8 Å². The molecule has 3 aliphatic carbocycles. The molecule has 2 bridgehead atoms. The summed E-state index contributed by atoms with van der Waals surface area (Å²) >= 11 is 0. The summed E-state index contributed by atoms with van der Waals surface area (Å²) in [5.41, 5.74) is -1.75. The van der Waals surface area contributed by atoms with Gasteiger partial charge in [-0.3, -0.25) is 4.79 Å². The van der Waals surface area contributed by atoms with Crippen LogP contribution >= 0.6 is 0 Å². The van der Waals surface area contributed by atoms with E-state index in [2.05, 4.69) is 6.58 Å². The monoisotopic (exact) mass is 378 g/mol. The Morgan fingerprint density at radius 1 is 1.22 bits per heavy atom. The molecule has 6 fully saturated rings. The first kappa shape index (κ1) is 16.9. The number of fused-ring (bicyclic) bond motifs is 1. The normalized spacial score (nSPS) is 63.4. The lowest BCUT2D eigenvalue weighted by molar-refractivity contribution is -0.268. The van der Waals surface area contributed by atoms with Gasteiger partial charge >= 0.3 is 5.97 Å². The maximum atomic E-state index is 13.2. The SMILES string of the molecule is C=C1[C@@H]2C[C@@H](O)[C@@H]3[C@](C2)(C(=O)O[C@H]2CC[C@@]4(C)[C@H](O)O[C@@H]5OC[C@]23[C@H]54)[C@@H]1O. The molecule has 0 radical (unpaired) electrons. The Hall–Kier alpha value is -0.990. The van der Waals surface area contributed by atoms with Crippen molar-refractivity contribution in [3.05, 3.63) is 12.2 Å². The van der Waals surface area contributed by atoms with Crippen LogP contribution in [0.5, 0.6) is 0 Å². The van der Waals surface area contributed by atoms with Crippen molar-refractivity contribution >= 4 is 5.97 Å². The highest BCUT2D eigenvalue weighted by molar-refractivity contribution is 5.82. The second-order valence-corrected chi connectivity index (χ2v) is 9.90. The van der Waals surface area contributed by atoms with Gasteiger partial charge in [0.25, 0.3) is 0 Å². The lowest BCUT2D eigenvalue weighted by Crippen LogP contribution is -2.71. The maximum absolute atomic E-state index is 13.2. The van der Waals surface area contributed by atoms with Gasteiger partial charge in [-0.05, 0) is 37.2 Å². The summed E-state index contributed by atoms with van der Waals surface area (Å²) < 4.78 is 17.7. The summed E-state index contributed by atoms with van der Waals surface area (Å²) in [6, 6.07) is 0. The molecule has 2 spiro atoms. The van der Waals surface area contributed by atoms with Crippen LogP contribution in [0.2, 0.25) is 0 Å². The Balaban J connectivity index is 1.58. The Labute approximate surface area is 157 Å². The van der Waals surface area contributed by atoms with Crippen molar-refractivity contribution in [2.45, 2.75) is 63.5 Å². The molecule has 0 aromatic rings. The van der Waals surface area contributed by atoms with Crippen molar-refractivity contribution in [1.29, 1.82) is 0 Å². The lowest BCUT2D eigenvalue weighted by Gasteiger charge is -2.62. The van der Waals surface area contributed by atoms with Crippen LogP contribution in [-0.4, -0.2) is 58.8 Å². The van der Waals surface area contributed by atoms with Crippen molar-refractivity contribution in [2.75, 3.05) is 6.61 Å². The van der Waals surface area contributed by atoms with Crippen LogP contribution in [0.4, 0.5) is 0 Å². The molecule has 3 saturated carbocycles. The topological polar surface area (TPSA) is 105 Å². The predicted octanol–water partition coefficient (Wildman–Crippen LogP) is 0.324. The van der Waals surface area contributed by atoms with Gasteiger partial charge in [-0.2, -0.15) is 0 Å². The van der Waals surface area contributed by atoms with Crippen molar-refractivity contribution in [1.82, 2.24) is 0 Å². The van der Waals surface area contributed by atoms with Gasteiger partial charge in [0.2, 0.25) is 0 Å². The molecular formula is C20H26O7. The molecule has 3 heterocycles. The Morgan fingerprint density at radius 3 is 2.78 bits per heavy atom. The number of carbonyl (C=O) groups excluding carboxylic acids is 1.